The Morgan fingerprint density at radius 3 is 1.69 bits per heavy atom. The standard InChI is InChI=1S/C52H41NS/c1-2-8-35(9-3-1)36-14-16-37(17-15-36)38-18-20-41(21-19-38)53(42-23-25-51-47(31-42)46-11-5-7-13-50(46)54-51)43-22-24-45-44-10-4-6-12-48(44)52(49(45)32-43)39-27-33-26-34(29-39)30-40(52)28-33/h1-25,31-34,39-40H,26-30H2. The first-order valence-corrected chi connectivity index (χ1v) is 20.7. The van der Waals surface area contributed by atoms with Crippen LogP contribution in [-0.4, -0.2) is 0 Å². The van der Waals surface area contributed by atoms with E-state index in [0.29, 0.717) is 0 Å². The van der Waals surface area contributed by atoms with Crippen LogP contribution in [0.15, 0.2) is 164 Å². The first-order chi connectivity index (χ1) is 26.7. The third kappa shape index (κ3) is 4.50. The van der Waals surface area contributed by atoms with Crippen molar-refractivity contribution in [2.75, 3.05) is 4.90 Å². The van der Waals surface area contributed by atoms with Crippen LogP contribution in [0.2, 0.25) is 0 Å². The minimum Gasteiger partial charge on any atom is -0.310 e. The van der Waals surface area contributed by atoms with Gasteiger partial charge < -0.3 is 4.90 Å². The van der Waals surface area contributed by atoms with Gasteiger partial charge in [0, 0.05) is 42.6 Å². The Balaban J connectivity index is 1.01. The molecule has 7 aromatic carbocycles. The van der Waals surface area contributed by atoms with Crippen molar-refractivity contribution in [3.05, 3.63) is 175 Å². The van der Waals surface area contributed by atoms with E-state index in [4.69, 9.17) is 0 Å². The van der Waals surface area contributed by atoms with Crippen molar-refractivity contribution >= 4 is 48.6 Å². The first kappa shape index (κ1) is 31.0. The highest BCUT2D eigenvalue weighted by Gasteiger charge is 2.61. The molecule has 0 amide bonds. The number of anilines is 3. The van der Waals surface area contributed by atoms with Gasteiger partial charge in [-0.25, -0.2) is 0 Å². The fourth-order valence-electron chi connectivity index (χ4n) is 11.9. The topological polar surface area (TPSA) is 3.24 Å². The van der Waals surface area contributed by atoms with Gasteiger partial charge in [0.2, 0.25) is 0 Å². The monoisotopic (exact) mass is 711 g/mol. The Morgan fingerprint density at radius 1 is 0.407 bits per heavy atom. The van der Waals surface area contributed by atoms with Crippen molar-refractivity contribution in [2.45, 2.75) is 37.5 Å². The fourth-order valence-corrected chi connectivity index (χ4v) is 13.0. The lowest BCUT2D eigenvalue weighted by Crippen LogP contribution is -2.55. The lowest BCUT2D eigenvalue weighted by Gasteiger charge is -2.61. The summed E-state index contributed by atoms with van der Waals surface area (Å²) in [4.78, 5) is 2.53. The zero-order valence-electron chi connectivity index (χ0n) is 30.3. The van der Waals surface area contributed by atoms with Crippen molar-refractivity contribution in [3.8, 4) is 33.4 Å². The molecule has 13 rings (SSSR count). The first-order valence-electron chi connectivity index (χ1n) is 19.9. The van der Waals surface area contributed by atoms with E-state index in [1.165, 1.54) is 103 Å². The van der Waals surface area contributed by atoms with Gasteiger partial charge in [-0.1, -0.05) is 115 Å². The average molecular weight is 712 g/mol. The van der Waals surface area contributed by atoms with E-state index in [9.17, 15) is 0 Å². The lowest BCUT2D eigenvalue weighted by molar-refractivity contribution is -0.0399. The fraction of sp³-hybridized carbons (Fsp3) is 0.192. The smallest absolute Gasteiger partial charge is 0.0468 e. The largest absolute Gasteiger partial charge is 0.310 e. The molecule has 1 aromatic heterocycles. The molecule has 0 N–H and O–H groups in total. The molecular weight excluding hydrogens is 671 g/mol. The molecule has 0 aliphatic heterocycles. The van der Waals surface area contributed by atoms with Crippen LogP contribution in [-0.2, 0) is 5.41 Å². The van der Waals surface area contributed by atoms with Gasteiger partial charge >= 0.3 is 0 Å². The molecule has 4 bridgehead atoms. The number of hydrogen-bond acceptors (Lipinski definition) is 2. The summed E-state index contributed by atoms with van der Waals surface area (Å²) in [5.41, 5.74) is 14.9. The van der Waals surface area contributed by atoms with Crippen LogP contribution in [0.1, 0.15) is 43.2 Å². The Labute approximate surface area is 321 Å². The Hall–Kier alpha value is -5.44. The van der Waals surface area contributed by atoms with Crippen LogP contribution in [0, 0.1) is 23.7 Å². The maximum atomic E-state index is 2.63. The molecule has 2 heteroatoms. The molecule has 4 saturated carbocycles. The summed E-state index contributed by atoms with van der Waals surface area (Å²) in [6.45, 7) is 0. The van der Waals surface area contributed by atoms with Crippen LogP contribution in [0.5, 0.6) is 0 Å². The summed E-state index contributed by atoms with van der Waals surface area (Å²) < 4.78 is 2.68. The number of benzene rings is 7. The van der Waals surface area contributed by atoms with Gasteiger partial charge in [0.25, 0.3) is 0 Å². The molecule has 5 aliphatic carbocycles. The summed E-state index contributed by atoms with van der Waals surface area (Å²) in [5, 5.41) is 2.67. The van der Waals surface area contributed by atoms with Crippen LogP contribution in [0.25, 0.3) is 53.6 Å². The second-order valence-electron chi connectivity index (χ2n) is 16.6. The molecule has 5 aliphatic rings. The quantitative estimate of drug-likeness (QED) is 0.172. The number of fused-ring (bicyclic) bond motifs is 6. The predicted molar refractivity (Wildman–Crippen MR) is 228 cm³/mol. The van der Waals surface area contributed by atoms with E-state index < -0.39 is 0 Å². The predicted octanol–water partition coefficient (Wildman–Crippen LogP) is 14.6. The number of thiophene rings is 1. The van der Waals surface area contributed by atoms with Gasteiger partial charge in [0.15, 0.2) is 0 Å². The Kier molecular flexibility index (Phi) is 6.75. The maximum absolute atomic E-state index is 2.63. The average Bonchev–Trinajstić information content (AvgIpc) is 3.74. The van der Waals surface area contributed by atoms with Crippen LogP contribution in [0.3, 0.4) is 0 Å². The zero-order chi connectivity index (χ0) is 35.4. The number of nitrogens with zero attached hydrogens (tertiary/aromatic N) is 1. The van der Waals surface area contributed by atoms with Crippen molar-refractivity contribution in [2.24, 2.45) is 23.7 Å². The highest BCUT2D eigenvalue weighted by molar-refractivity contribution is 7.25. The van der Waals surface area contributed by atoms with Crippen molar-refractivity contribution < 1.29 is 0 Å². The third-order valence-corrected chi connectivity index (χ3v) is 15.0. The summed E-state index contributed by atoms with van der Waals surface area (Å²) in [7, 11) is 0. The van der Waals surface area contributed by atoms with Gasteiger partial charge in [-0.05, 0) is 149 Å². The molecule has 1 nitrogen and oxygen atoms in total. The van der Waals surface area contributed by atoms with Crippen LogP contribution >= 0.6 is 11.3 Å². The summed E-state index contributed by atoms with van der Waals surface area (Å²) in [6, 6.07) is 61.9. The van der Waals surface area contributed by atoms with Crippen molar-refractivity contribution in [3.63, 3.8) is 0 Å². The van der Waals surface area contributed by atoms with E-state index in [1.54, 1.807) is 11.1 Å². The van der Waals surface area contributed by atoms with Crippen molar-refractivity contribution in [1.29, 1.82) is 0 Å². The Bertz CT molecular complexity index is 2690. The van der Waals surface area contributed by atoms with Crippen LogP contribution in [0.4, 0.5) is 17.1 Å². The van der Waals surface area contributed by atoms with Crippen LogP contribution < -0.4 is 4.90 Å². The summed E-state index contributed by atoms with van der Waals surface area (Å²) >= 11 is 1.89. The molecule has 54 heavy (non-hydrogen) atoms. The number of hydrogen-bond donors (Lipinski definition) is 0. The van der Waals surface area contributed by atoms with Gasteiger partial charge in [0.05, 0.1) is 0 Å². The van der Waals surface area contributed by atoms with E-state index in [0.717, 1.165) is 23.7 Å². The second-order valence-corrected chi connectivity index (χ2v) is 17.6. The highest BCUT2D eigenvalue weighted by Crippen LogP contribution is 2.69. The zero-order valence-corrected chi connectivity index (χ0v) is 31.1. The third-order valence-electron chi connectivity index (χ3n) is 13.9. The molecule has 1 heterocycles. The second kappa shape index (κ2) is 11.8. The van der Waals surface area contributed by atoms with Crippen molar-refractivity contribution in [1.82, 2.24) is 0 Å². The van der Waals surface area contributed by atoms with Gasteiger partial charge in [-0.3, -0.25) is 0 Å². The van der Waals surface area contributed by atoms with E-state index in [-0.39, 0.29) is 5.41 Å². The summed E-state index contributed by atoms with van der Waals surface area (Å²) in [6.07, 6.45) is 7.04. The van der Waals surface area contributed by atoms with Gasteiger partial charge in [0.1, 0.15) is 0 Å². The van der Waals surface area contributed by atoms with Gasteiger partial charge in [-0.2, -0.15) is 0 Å². The Morgan fingerprint density at radius 2 is 0.944 bits per heavy atom. The molecule has 260 valence electrons. The van der Waals surface area contributed by atoms with E-state index >= 15 is 0 Å². The molecule has 0 atom stereocenters. The minimum atomic E-state index is 0.129. The lowest BCUT2D eigenvalue weighted by atomic mass is 9.43. The molecule has 4 fully saturated rings. The maximum Gasteiger partial charge on any atom is 0.0468 e. The minimum absolute atomic E-state index is 0.129. The molecule has 0 radical (unpaired) electrons. The van der Waals surface area contributed by atoms with Gasteiger partial charge in [-0.15, -0.1) is 11.3 Å². The normalized spacial score (nSPS) is 23.3. The molecular formula is C52H41NS. The van der Waals surface area contributed by atoms with E-state index in [1.807, 2.05) is 11.3 Å². The molecule has 0 saturated heterocycles. The summed E-state index contributed by atoms with van der Waals surface area (Å²) in [5.74, 6) is 3.32. The molecule has 1 spiro atoms. The SMILES string of the molecule is c1ccc(-c2ccc(-c3ccc(N(c4ccc5c(c4)C4(c6ccccc6-5)C5CC6CC(C5)CC4C6)c4ccc5sc6ccccc6c5c4)cc3)cc2)cc1. The van der Waals surface area contributed by atoms with E-state index in [2.05, 4.69) is 169 Å². The molecule has 0 unspecified atom stereocenters. The molecule has 8 aromatic rings. The highest BCUT2D eigenvalue weighted by atomic mass is 32.1. The number of rotatable bonds is 5.